The largest absolute Gasteiger partial charge is 0.394 e. The number of nitrogens with one attached hydrogen (secondary N) is 1. The summed E-state index contributed by atoms with van der Waals surface area (Å²) in [5.41, 5.74) is 0. The molecule has 20 heavy (non-hydrogen) atoms. The van der Waals surface area contributed by atoms with E-state index in [2.05, 4.69) is 20.2 Å². The standard InChI is InChI=1S/C14H22N4O2/c19-9-11-3-1-5-18(11)14-7-13(16-10-17-14)15-8-12-4-2-6-20-12/h7,10-12,19H,1-6,8-9H2,(H,15,16,17)/t11-,12-/m1/s1. The normalized spacial score (nSPS) is 26.1. The Kier molecular flexibility index (Phi) is 4.32. The van der Waals surface area contributed by atoms with Crippen molar-refractivity contribution in [3.05, 3.63) is 12.4 Å². The van der Waals surface area contributed by atoms with Gasteiger partial charge in [-0.05, 0) is 25.7 Å². The Bertz CT molecular complexity index is 437. The van der Waals surface area contributed by atoms with E-state index in [1.54, 1.807) is 6.33 Å². The van der Waals surface area contributed by atoms with E-state index in [1.807, 2.05) is 6.07 Å². The van der Waals surface area contributed by atoms with Gasteiger partial charge in [0.15, 0.2) is 0 Å². The Morgan fingerprint density at radius 3 is 3.10 bits per heavy atom. The van der Waals surface area contributed by atoms with Crippen molar-refractivity contribution < 1.29 is 9.84 Å². The summed E-state index contributed by atoms with van der Waals surface area (Å²) >= 11 is 0. The van der Waals surface area contributed by atoms with Crippen LogP contribution in [0.2, 0.25) is 0 Å². The van der Waals surface area contributed by atoms with Crippen LogP contribution in [-0.4, -0.2) is 53.5 Å². The maximum absolute atomic E-state index is 9.40. The summed E-state index contributed by atoms with van der Waals surface area (Å²) in [6, 6.07) is 2.15. The van der Waals surface area contributed by atoms with Crippen LogP contribution in [0.5, 0.6) is 0 Å². The Hall–Kier alpha value is -1.40. The van der Waals surface area contributed by atoms with E-state index < -0.39 is 0 Å². The van der Waals surface area contributed by atoms with Crippen LogP contribution in [0.3, 0.4) is 0 Å². The van der Waals surface area contributed by atoms with Crippen molar-refractivity contribution in [2.24, 2.45) is 0 Å². The second kappa shape index (κ2) is 6.37. The minimum absolute atomic E-state index is 0.183. The number of aromatic nitrogens is 2. The van der Waals surface area contributed by atoms with E-state index in [1.165, 1.54) is 0 Å². The third kappa shape index (κ3) is 3.02. The van der Waals surface area contributed by atoms with Crippen LogP contribution in [0, 0.1) is 0 Å². The first-order valence-electron chi connectivity index (χ1n) is 7.42. The molecule has 6 heteroatoms. The molecule has 2 aliphatic heterocycles. The summed E-state index contributed by atoms with van der Waals surface area (Å²) in [6.45, 7) is 2.79. The molecule has 0 amide bonds. The van der Waals surface area contributed by atoms with Crippen LogP contribution in [0.15, 0.2) is 12.4 Å². The van der Waals surface area contributed by atoms with Crippen molar-refractivity contribution in [1.82, 2.24) is 9.97 Å². The van der Waals surface area contributed by atoms with E-state index in [0.717, 1.165) is 57.0 Å². The number of nitrogens with zero attached hydrogens (tertiary/aromatic N) is 3. The molecule has 6 nitrogen and oxygen atoms in total. The molecule has 2 fully saturated rings. The van der Waals surface area contributed by atoms with E-state index in [0.29, 0.717) is 6.10 Å². The highest BCUT2D eigenvalue weighted by Gasteiger charge is 2.25. The van der Waals surface area contributed by atoms with Gasteiger partial charge >= 0.3 is 0 Å². The summed E-state index contributed by atoms with van der Waals surface area (Å²) in [7, 11) is 0. The molecule has 2 saturated heterocycles. The summed E-state index contributed by atoms with van der Waals surface area (Å²) in [6.07, 6.45) is 6.27. The monoisotopic (exact) mass is 278 g/mol. The fourth-order valence-electron chi connectivity index (χ4n) is 2.95. The van der Waals surface area contributed by atoms with Gasteiger partial charge in [-0.2, -0.15) is 0 Å². The molecule has 0 bridgehead atoms. The van der Waals surface area contributed by atoms with Crippen molar-refractivity contribution in [3.8, 4) is 0 Å². The molecule has 0 saturated carbocycles. The molecule has 1 aromatic heterocycles. The maximum atomic E-state index is 9.40. The number of anilines is 2. The zero-order valence-electron chi connectivity index (χ0n) is 11.7. The molecule has 110 valence electrons. The number of hydrogen-bond donors (Lipinski definition) is 2. The van der Waals surface area contributed by atoms with Crippen molar-refractivity contribution in [3.63, 3.8) is 0 Å². The van der Waals surface area contributed by atoms with Crippen molar-refractivity contribution in [2.45, 2.75) is 37.8 Å². The van der Waals surface area contributed by atoms with E-state index in [9.17, 15) is 5.11 Å². The van der Waals surface area contributed by atoms with Crippen molar-refractivity contribution in [2.75, 3.05) is 36.5 Å². The first-order valence-corrected chi connectivity index (χ1v) is 7.42. The molecule has 2 N–H and O–H groups in total. The van der Waals surface area contributed by atoms with Gasteiger partial charge in [0.2, 0.25) is 0 Å². The topological polar surface area (TPSA) is 70.5 Å². The van der Waals surface area contributed by atoms with Crippen molar-refractivity contribution in [1.29, 1.82) is 0 Å². The average molecular weight is 278 g/mol. The molecule has 3 rings (SSSR count). The average Bonchev–Trinajstić information content (AvgIpc) is 3.16. The third-order valence-corrected chi connectivity index (χ3v) is 4.07. The minimum Gasteiger partial charge on any atom is -0.394 e. The lowest BCUT2D eigenvalue weighted by Crippen LogP contribution is -2.32. The summed E-state index contributed by atoms with van der Waals surface area (Å²) < 4.78 is 5.59. The Morgan fingerprint density at radius 2 is 2.30 bits per heavy atom. The molecular weight excluding hydrogens is 256 g/mol. The van der Waals surface area contributed by atoms with Gasteiger partial charge in [-0.25, -0.2) is 9.97 Å². The number of hydrogen-bond acceptors (Lipinski definition) is 6. The van der Waals surface area contributed by atoms with Crippen LogP contribution in [0.1, 0.15) is 25.7 Å². The highest BCUT2D eigenvalue weighted by molar-refractivity contribution is 5.49. The lowest BCUT2D eigenvalue weighted by molar-refractivity contribution is 0.120. The van der Waals surface area contributed by atoms with Gasteiger partial charge in [0.05, 0.1) is 18.8 Å². The van der Waals surface area contributed by atoms with Gasteiger partial charge in [-0.3, -0.25) is 0 Å². The van der Waals surface area contributed by atoms with Gasteiger partial charge in [0.1, 0.15) is 18.0 Å². The summed E-state index contributed by atoms with van der Waals surface area (Å²) in [5, 5.41) is 12.7. The first kappa shape index (κ1) is 13.6. The Morgan fingerprint density at radius 1 is 1.35 bits per heavy atom. The Balaban J connectivity index is 1.63. The second-order valence-corrected chi connectivity index (χ2v) is 5.45. The van der Waals surface area contributed by atoms with Gasteiger partial charge in [0.25, 0.3) is 0 Å². The molecular formula is C14H22N4O2. The van der Waals surface area contributed by atoms with Crippen LogP contribution < -0.4 is 10.2 Å². The predicted octanol–water partition coefficient (Wildman–Crippen LogP) is 1.03. The van der Waals surface area contributed by atoms with E-state index in [4.69, 9.17) is 4.74 Å². The molecule has 0 radical (unpaired) electrons. The molecule has 3 heterocycles. The zero-order chi connectivity index (χ0) is 13.8. The number of rotatable bonds is 5. The summed E-state index contributed by atoms with van der Waals surface area (Å²) in [5.74, 6) is 1.72. The van der Waals surface area contributed by atoms with Crippen molar-refractivity contribution >= 4 is 11.6 Å². The van der Waals surface area contributed by atoms with Crippen LogP contribution in [-0.2, 0) is 4.74 Å². The lowest BCUT2D eigenvalue weighted by Gasteiger charge is -2.24. The van der Waals surface area contributed by atoms with E-state index in [-0.39, 0.29) is 12.6 Å². The second-order valence-electron chi connectivity index (χ2n) is 5.45. The van der Waals surface area contributed by atoms with Crippen LogP contribution >= 0.6 is 0 Å². The highest BCUT2D eigenvalue weighted by Crippen LogP contribution is 2.24. The number of aliphatic hydroxyl groups excluding tert-OH is 1. The van der Waals surface area contributed by atoms with Gasteiger partial charge in [-0.1, -0.05) is 0 Å². The molecule has 0 aromatic carbocycles. The lowest BCUT2D eigenvalue weighted by atomic mass is 10.2. The fraction of sp³-hybridized carbons (Fsp3) is 0.714. The SMILES string of the molecule is OC[C@H]1CCCN1c1cc(NC[C@H]2CCCO2)ncn1. The summed E-state index contributed by atoms with van der Waals surface area (Å²) in [4.78, 5) is 10.8. The molecule has 0 unspecified atom stereocenters. The molecule has 0 aliphatic carbocycles. The van der Waals surface area contributed by atoms with E-state index >= 15 is 0 Å². The highest BCUT2D eigenvalue weighted by atomic mass is 16.5. The zero-order valence-corrected chi connectivity index (χ0v) is 11.7. The predicted molar refractivity (Wildman–Crippen MR) is 76.9 cm³/mol. The van der Waals surface area contributed by atoms with Gasteiger partial charge in [-0.15, -0.1) is 0 Å². The maximum Gasteiger partial charge on any atom is 0.134 e. The number of aliphatic hydroxyl groups is 1. The molecule has 1 aromatic rings. The van der Waals surface area contributed by atoms with Gasteiger partial charge < -0.3 is 20.1 Å². The quantitative estimate of drug-likeness (QED) is 0.838. The minimum atomic E-state index is 0.183. The van der Waals surface area contributed by atoms with Crippen LogP contribution in [0.4, 0.5) is 11.6 Å². The Labute approximate surface area is 119 Å². The van der Waals surface area contributed by atoms with Gasteiger partial charge in [0, 0.05) is 25.8 Å². The molecule has 2 atom stereocenters. The molecule has 2 aliphatic rings. The van der Waals surface area contributed by atoms with Crippen LogP contribution in [0.25, 0.3) is 0 Å². The smallest absolute Gasteiger partial charge is 0.134 e. The molecule has 0 spiro atoms. The number of ether oxygens (including phenoxy) is 1. The fourth-order valence-corrected chi connectivity index (χ4v) is 2.95. The third-order valence-electron chi connectivity index (χ3n) is 4.07. The first-order chi connectivity index (χ1) is 9.86.